The minimum absolute atomic E-state index is 0.133. The molecule has 2 rings (SSSR count). The van der Waals surface area contributed by atoms with Gasteiger partial charge in [-0.2, -0.15) is 9.97 Å². The van der Waals surface area contributed by atoms with Crippen LogP contribution in [0.1, 0.15) is 12.5 Å². The lowest BCUT2D eigenvalue weighted by Crippen LogP contribution is -2.06. The normalized spacial score (nSPS) is 10.3. The first-order chi connectivity index (χ1) is 9.08. The first-order valence-electron chi connectivity index (χ1n) is 6.00. The maximum atomic E-state index is 13.7. The Morgan fingerprint density at radius 3 is 2.63 bits per heavy atom. The summed E-state index contributed by atoms with van der Waals surface area (Å²) in [5.74, 6) is 0.854. The number of nitrogens with one attached hydrogen (secondary N) is 2. The molecule has 1 heterocycles. The number of hydrogen-bond acceptors (Lipinski definition) is 5. The van der Waals surface area contributed by atoms with Crippen LogP contribution >= 0.6 is 0 Å². The largest absolute Gasteiger partial charge is 0.370 e. The summed E-state index contributed by atoms with van der Waals surface area (Å²) in [6, 6.07) is 6.62. The highest BCUT2D eigenvalue weighted by Crippen LogP contribution is 2.21. The Balaban J connectivity index is 2.27. The molecule has 0 aliphatic carbocycles. The van der Waals surface area contributed by atoms with Crippen LogP contribution in [0, 0.1) is 12.7 Å². The van der Waals surface area contributed by atoms with Crippen LogP contribution in [0.25, 0.3) is 0 Å². The van der Waals surface area contributed by atoms with E-state index in [2.05, 4.69) is 20.6 Å². The maximum absolute atomic E-state index is 13.7. The van der Waals surface area contributed by atoms with Gasteiger partial charge in [-0.3, -0.25) is 0 Å². The van der Waals surface area contributed by atoms with Crippen molar-refractivity contribution in [3.05, 3.63) is 35.6 Å². The van der Waals surface area contributed by atoms with Gasteiger partial charge in [-0.25, -0.2) is 4.39 Å². The third-order valence-electron chi connectivity index (χ3n) is 2.49. The molecule has 1 aromatic heterocycles. The molecule has 0 amide bonds. The monoisotopic (exact) mass is 261 g/mol. The highest BCUT2D eigenvalue weighted by molar-refractivity contribution is 5.61. The Bertz CT molecular complexity index is 585. The van der Waals surface area contributed by atoms with Gasteiger partial charge in [0.25, 0.3) is 0 Å². The van der Waals surface area contributed by atoms with Crippen molar-refractivity contribution < 1.29 is 4.39 Å². The molecule has 4 N–H and O–H groups in total. The summed E-state index contributed by atoms with van der Waals surface area (Å²) in [5.41, 5.74) is 6.82. The fourth-order valence-corrected chi connectivity index (χ4v) is 1.66. The molecule has 0 spiro atoms. The summed E-state index contributed by atoms with van der Waals surface area (Å²) >= 11 is 0. The van der Waals surface area contributed by atoms with E-state index < -0.39 is 0 Å². The molecule has 0 fully saturated rings. The predicted octanol–water partition coefficient (Wildman–Crippen LogP) is 2.68. The van der Waals surface area contributed by atoms with E-state index in [9.17, 15) is 4.39 Å². The number of hydrogen-bond donors (Lipinski definition) is 3. The van der Waals surface area contributed by atoms with E-state index >= 15 is 0 Å². The zero-order valence-electron chi connectivity index (χ0n) is 10.9. The number of nitrogens with zero attached hydrogens (tertiary/aromatic N) is 2. The fraction of sp³-hybridized carbons (Fsp3) is 0.231. The Labute approximate surface area is 111 Å². The molecule has 2 aromatic rings. The van der Waals surface area contributed by atoms with Crippen molar-refractivity contribution in [1.29, 1.82) is 0 Å². The Morgan fingerprint density at radius 1 is 1.21 bits per heavy atom. The first kappa shape index (κ1) is 13.1. The molecule has 1 aromatic carbocycles. The minimum atomic E-state index is -0.331. The van der Waals surface area contributed by atoms with Crippen molar-refractivity contribution in [2.75, 3.05) is 22.9 Å². The molecule has 0 saturated carbocycles. The van der Waals surface area contributed by atoms with E-state index in [1.165, 1.54) is 6.07 Å². The molecule has 0 saturated heterocycles. The van der Waals surface area contributed by atoms with Gasteiger partial charge < -0.3 is 16.4 Å². The second-order valence-electron chi connectivity index (χ2n) is 4.14. The third-order valence-corrected chi connectivity index (χ3v) is 2.49. The van der Waals surface area contributed by atoms with E-state index in [-0.39, 0.29) is 11.8 Å². The van der Waals surface area contributed by atoms with E-state index in [0.717, 1.165) is 12.1 Å². The lowest BCUT2D eigenvalue weighted by atomic mass is 10.2. The number of nitrogens with two attached hydrogens (primary N) is 1. The second kappa shape index (κ2) is 5.51. The Kier molecular flexibility index (Phi) is 3.79. The number of rotatable bonds is 4. The summed E-state index contributed by atoms with van der Waals surface area (Å²) in [7, 11) is 0. The Hall–Kier alpha value is -2.37. The predicted molar refractivity (Wildman–Crippen MR) is 75.0 cm³/mol. The molecule has 0 aliphatic rings. The van der Waals surface area contributed by atoms with E-state index in [4.69, 9.17) is 5.73 Å². The van der Waals surface area contributed by atoms with Gasteiger partial charge in [0.05, 0.1) is 5.69 Å². The lowest BCUT2D eigenvalue weighted by Gasteiger charge is -2.10. The van der Waals surface area contributed by atoms with Crippen LogP contribution in [0.3, 0.4) is 0 Å². The van der Waals surface area contributed by atoms with Crippen molar-refractivity contribution in [3.63, 3.8) is 0 Å². The van der Waals surface area contributed by atoms with Crippen molar-refractivity contribution in [2.24, 2.45) is 0 Å². The van der Waals surface area contributed by atoms with Crippen molar-refractivity contribution in [2.45, 2.75) is 13.8 Å². The second-order valence-corrected chi connectivity index (χ2v) is 4.14. The molecule has 0 bridgehead atoms. The molecule has 100 valence electrons. The minimum Gasteiger partial charge on any atom is -0.370 e. The molecule has 19 heavy (non-hydrogen) atoms. The van der Waals surface area contributed by atoms with Crippen LogP contribution in [0.4, 0.5) is 27.7 Å². The molecule has 6 heteroatoms. The first-order valence-corrected chi connectivity index (χ1v) is 6.00. The maximum Gasteiger partial charge on any atom is 0.223 e. The van der Waals surface area contributed by atoms with E-state index in [0.29, 0.717) is 17.3 Å². The summed E-state index contributed by atoms with van der Waals surface area (Å²) in [5, 5.41) is 5.93. The highest BCUT2D eigenvalue weighted by atomic mass is 19.1. The lowest BCUT2D eigenvalue weighted by molar-refractivity contribution is 0.630. The average Bonchev–Trinajstić information content (AvgIpc) is 2.32. The van der Waals surface area contributed by atoms with Gasteiger partial charge in [-0.1, -0.05) is 6.07 Å². The average molecular weight is 261 g/mol. The van der Waals surface area contributed by atoms with Crippen LogP contribution in [0.15, 0.2) is 24.3 Å². The van der Waals surface area contributed by atoms with Crippen molar-refractivity contribution in [1.82, 2.24) is 9.97 Å². The number of nitrogen functional groups attached to an aromatic ring is 1. The zero-order chi connectivity index (χ0) is 13.8. The molecule has 0 aliphatic heterocycles. The fourth-order valence-electron chi connectivity index (χ4n) is 1.66. The number of anilines is 4. The van der Waals surface area contributed by atoms with Crippen LogP contribution in [0.2, 0.25) is 0 Å². The van der Waals surface area contributed by atoms with Crippen molar-refractivity contribution in [3.8, 4) is 0 Å². The number of aromatic nitrogens is 2. The van der Waals surface area contributed by atoms with Gasteiger partial charge in [0.15, 0.2) is 0 Å². The van der Waals surface area contributed by atoms with E-state index in [1.807, 2.05) is 19.9 Å². The molecular weight excluding hydrogens is 245 g/mol. The van der Waals surface area contributed by atoms with Gasteiger partial charge in [0.2, 0.25) is 5.95 Å². The third kappa shape index (κ3) is 3.31. The van der Waals surface area contributed by atoms with Crippen molar-refractivity contribution >= 4 is 23.3 Å². The molecular formula is C13H16FN5. The van der Waals surface area contributed by atoms with Crippen LogP contribution in [-0.4, -0.2) is 16.5 Å². The summed E-state index contributed by atoms with van der Waals surface area (Å²) in [4.78, 5) is 8.05. The topological polar surface area (TPSA) is 75.9 Å². The number of benzene rings is 1. The van der Waals surface area contributed by atoms with Gasteiger partial charge in [-0.15, -0.1) is 0 Å². The highest BCUT2D eigenvalue weighted by Gasteiger charge is 2.06. The zero-order valence-corrected chi connectivity index (χ0v) is 10.9. The number of aryl methyl sites for hydroxylation is 1. The number of halogens is 1. The molecule has 0 radical (unpaired) electrons. The summed E-state index contributed by atoms with van der Waals surface area (Å²) < 4.78 is 13.7. The molecule has 0 atom stereocenters. The van der Waals surface area contributed by atoms with E-state index in [1.54, 1.807) is 12.1 Å². The van der Waals surface area contributed by atoms with Gasteiger partial charge in [-0.05, 0) is 31.5 Å². The smallest absolute Gasteiger partial charge is 0.223 e. The Morgan fingerprint density at radius 2 is 1.95 bits per heavy atom. The van der Waals surface area contributed by atoms with Gasteiger partial charge in [0.1, 0.15) is 17.5 Å². The molecule has 0 unspecified atom stereocenters. The van der Waals surface area contributed by atoms with Crippen LogP contribution < -0.4 is 16.4 Å². The SMILES string of the molecule is CCNc1cc(Nc2ccc(C)cc2F)nc(N)n1. The van der Waals surface area contributed by atoms with Crippen LogP contribution in [0.5, 0.6) is 0 Å². The van der Waals surface area contributed by atoms with Gasteiger partial charge in [0, 0.05) is 12.6 Å². The molecule has 5 nitrogen and oxygen atoms in total. The standard InChI is InChI=1S/C13H16FN5/c1-3-16-11-7-12(19-13(15)18-11)17-10-5-4-8(2)6-9(10)14/h4-7H,3H2,1-2H3,(H4,15,16,17,18,19). The van der Waals surface area contributed by atoms with Crippen LogP contribution in [-0.2, 0) is 0 Å². The quantitative estimate of drug-likeness (QED) is 0.789. The summed E-state index contributed by atoms with van der Waals surface area (Å²) in [6.07, 6.45) is 0. The van der Waals surface area contributed by atoms with Gasteiger partial charge >= 0.3 is 0 Å². The summed E-state index contributed by atoms with van der Waals surface area (Å²) in [6.45, 7) is 4.50.